The van der Waals surface area contributed by atoms with Gasteiger partial charge in [-0.05, 0) is 19.3 Å². The van der Waals surface area contributed by atoms with Gasteiger partial charge in [0, 0.05) is 31.5 Å². The monoisotopic (exact) mass is 332 g/mol. The van der Waals surface area contributed by atoms with Gasteiger partial charge in [-0.1, -0.05) is 24.9 Å². The zero-order valence-electron chi connectivity index (χ0n) is 12.2. The Bertz CT molecular complexity index is 557. The van der Waals surface area contributed by atoms with Gasteiger partial charge in [-0.15, -0.1) is 0 Å². The van der Waals surface area contributed by atoms with E-state index in [-0.39, 0.29) is 11.9 Å². The third kappa shape index (κ3) is 4.56. The number of piperidine rings is 1. The van der Waals surface area contributed by atoms with Gasteiger partial charge < -0.3 is 4.74 Å². The third-order valence-corrected chi connectivity index (χ3v) is 5.82. The standard InChI is InChI=1S/C14H21ClN2O3S/c1-2-3-10-21(18,19)17-8-5-12(6-9-17)20-14-4-7-16-11-13(14)15/h4,7,11-12H,2-3,5-6,8-10H2,1H3. The van der Waals surface area contributed by atoms with Crippen molar-refractivity contribution in [3.63, 3.8) is 0 Å². The van der Waals surface area contributed by atoms with Crippen LogP contribution in [-0.2, 0) is 10.0 Å². The van der Waals surface area contributed by atoms with E-state index in [0.717, 1.165) is 6.42 Å². The largest absolute Gasteiger partial charge is 0.489 e. The molecule has 0 amide bonds. The quantitative estimate of drug-likeness (QED) is 0.803. The lowest BCUT2D eigenvalue weighted by atomic mass is 10.1. The van der Waals surface area contributed by atoms with E-state index in [1.165, 1.54) is 0 Å². The van der Waals surface area contributed by atoms with Crippen molar-refractivity contribution in [2.75, 3.05) is 18.8 Å². The predicted molar refractivity (Wildman–Crippen MR) is 83.2 cm³/mol. The molecule has 118 valence electrons. The number of ether oxygens (including phenoxy) is 1. The van der Waals surface area contributed by atoms with Gasteiger partial charge in [0.05, 0.1) is 5.75 Å². The van der Waals surface area contributed by atoms with E-state index in [0.29, 0.717) is 43.1 Å². The molecule has 0 aromatic carbocycles. The van der Waals surface area contributed by atoms with Crippen molar-refractivity contribution in [3.05, 3.63) is 23.5 Å². The molecule has 1 fully saturated rings. The van der Waals surface area contributed by atoms with Crippen molar-refractivity contribution in [3.8, 4) is 5.75 Å². The van der Waals surface area contributed by atoms with Crippen LogP contribution in [-0.4, -0.2) is 42.7 Å². The van der Waals surface area contributed by atoms with Crippen LogP contribution >= 0.6 is 11.6 Å². The number of hydrogen-bond donors (Lipinski definition) is 0. The molecule has 7 heteroatoms. The van der Waals surface area contributed by atoms with E-state index in [2.05, 4.69) is 4.98 Å². The first-order valence-corrected chi connectivity index (χ1v) is 9.25. The Balaban J connectivity index is 1.87. The van der Waals surface area contributed by atoms with E-state index in [4.69, 9.17) is 16.3 Å². The molecule has 0 aliphatic carbocycles. The smallest absolute Gasteiger partial charge is 0.214 e. The Hall–Kier alpha value is -0.850. The Morgan fingerprint density at radius 3 is 2.76 bits per heavy atom. The number of pyridine rings is 1. The number of rotatable bonds is 6. The van der Waals surface area contributed by atoms with Gasteiger partial charge in [0.1, 0.15) is 16.9 Å². The lowest BCUT2D eigenvalue weighted by Gasteiger charge is -2.31. The minimum atomic E-state index is -3.11. The second-order valence-electron chi connectivity index (χ2n) is 5.19. The first-order valence-electron chi connectivity index (χ1n) is 7.27. The average molecular weight is 333 g/mol. The molecule has 0 N–H and O–H groups in total. The molecule has 21 heavy (non-hydrogen) atoms. The molecule has 1 aliphatic rings. The molecule has 0 atom stereocenters. The second-order valence-corrected chi connectivity index (χ2v) is 7.69. The van der Waals surface area contributed by atoms with Gasteiger partial charge in [-0.3, -0.25) is 4.98 Å². The highest BCUT2D eigenvalue weighted by molar-refractivity contribution is 7.89. The van der Waals surface area contributed by atoms with Gasteiger partial charge >= 0.3 is 0 Å². The normalized spacial score (nSPS) is 17.8. The van der Waals surface area contributed by atoms with Gasteiger partial charge in [-0.2, -0.15) is 0 Å². The molecule has 0 spiro atoms. The molecule has 0 unspecified atom stereocenters. The minimum Gasteiger partial charge on any atom is -0.489 e. The van der Waals surface area contributed by atoms with Gasteiger partial charge in [-0.25, -0.2) is 12.7 Å². The maximum Gasteiger partial charge on any atom is 0.214 e. The Kier molecular flexibility index (Phi) is 5.84. The molecule has 0 bridgehead atoms. The first-order chi connectivity index (χ1) is 10.0. The van der Waals surface area contributed by atoms with E-state index in [1.807, 2.05) is 6.92 Å². The molecule has 2 rings (SSSR count). The SMILES string of the molecule is CCCCS(=O)(=O)N1CCC(Oc2ccncc2Cl)CC1. The fourth-order valence-electron chi connectivity index (χ4n) is 2.32. The Morgan fingerprint density at radius 1 is 1.43 bits per heavy atom. The van der Waals surface area contributed by atoms with Crippen LogP contribution in [0.3, 0.4) is 0 Å². The van der Waals surface area contributed by atoms with Gasteiger partial charge in [0.2, 0.25) is 10.0 Å². The fourth-order valence-corrected chi connectivity index (χ4v) is 4.16. The number of sulfonamides is 1. The zero-order valence-corrected chi connectivity index (χ0v) is 13.7. The summed E-state index contributed by atoms with van der Waals surface area (Å²) in [5, 5.41) is 0.482. The summed E-state index contributed by atoms with van der Waals surface area (Å²) in [6.45, 7) is 3.02. The minimum absolute atomic E-state index is 0.00234. The van der Waals surface area contributed by atoms with Crippen molar-refractivity contribution in [2.45, 2.75) is 38.7 Å². The van der Waals surface area contributed by atoms with Crippen molar-refractivity contribution in [1.29, 1.82) is 0 Å². The van der Waals surface area contributed by atoms with Crippen LogP contribution in [0, 0.1) is 0 Å². The summed E-state index contributed by atoms with van der Waals surface area (Å²) in [6.07, 6.45) is 6.15. The topological polar surface area (TPSA) is 59.5 Å². The number of nitrogens with zero attached hydrogens (tertiary/aromatic N) is 2. The maximum atomic E-state index is 12.1. The highest BCUT2D eigenvalue weighted by Gasteiger charge is 2.28. The number of halogens is 1. The van der Waals surface area contributed by atoms with Crippen LogP contribution in [0.1, 0.15) is 32.6 Å². The molecule has 5 nitrogen and oxygen atoms in total. The fraction of sp³-hybridized carbons (Fsp3) is 0.643. The van der Waals surface area contributed by atoms with Crippen LogP contribution in [0.2, 0.25) is 5.02 Å². The maximum absolute atomic E-state index is 12.1. The van der Waals surface area contributed by atoms with Crippen LogP contribution in [0.25, 0.3) is 0 Å². The van der Waals surface area contributed by atoms with E-state index < -0.39 is 10.0 Å². The molecular weight excluding hydrogens is 312 g/mol. The molecule has 0 saturated carbocycles. The summed E-state index contributed by atoms with van der Waals surface area (Å²) in [6, 6.07) is 1.73. The van der Waals surface area contributed by atoms with E-state index in [9.17, 15) is 8.42 Å². The summed E-state index contributed by atoms with van der Waals surface area (Å²) in [5.74, 6) is 0.851. The summed E-state index contributed by atoms with van der Waals surface area (Å²) in [7, 11) is -3.11. The highest BCUT2D eigenvalue weighted by atomic mass is 35.5. The summed E-state index contributed by atoms with van der Waals surface area (Å²) in [5.41, 5.74) is 0. The van der Waals surface area contributed by atoms with E-state index in [1.54, 1.807) is 22.8 Å². The summed E-state index contributed by atoms with van der Waals surface area (Å²) < 4.78 is 31.7. The molecular formula is C14H21ClN2O3S. The first kappa shape index (κ1) is 16.5. The molecule has 1 aromatic heterocycles. The molecule has 1 saturated heterocycles. The van der Waals surface area contributed by atoms with Crippen LogP contribution < -0.4 is 4.74 Å². The number of unbranched alkanes of at least 4 members (excludes halogenated alkanes) is 1. The van der Waals surface area contributed by atoms with Crippen LogP contribution in [0.5, 0.6) is 5.75 Å². The molecule has 2 heterocycles. The molecule has 1 aromatic rings. The Labute approximate surface area is 131 Å². The predicted octanol–water partition coefficient (Wildman–Crippen LogP) is 2.71. The molecule has 1 aliphatic heterocycles. The number of aromatic nitrogens is 1. The van der Waals surface area contributed by atoms with Crippen molar-refractivity contribution in [1.82, 2.24) is 9.29 Å². The van der Waals surface area contributed by atoms with Gasteiger partial charge in [0.15, 0.2) is 0 Å². The van der Waals surface area contributed by atoms with Crippen molar-refractivity contribution >= 4 is 21.6 Å². The van der Waals surface area contributed by atoms with Crippen LogP contribution in [0.15, 0.2) is 18.5 Å². The second kappa shape index (κ2) is 7.42. The third-order valence-electron chi connectivity index (χ3n) is 3.58. The van der Waals surface area contributed by atoms with Crippen molar-refractivity contribution < 1.29 is 13.2 Å². The van der Waals surface area contributed by atoms with Crippen molar-refractivity contribution in [2.24, 2.45) is 0 Å². The van der Waals surface area contributed by atoms with Crippen LogP contribution in [0.4, 0.5) is 0 Å². The summed E-state index contributed by atoms with van der Waals surface area (Å²) >= 11 is 6.01. The molecule has 0 radical (unpaired) electrons. The van der Waals surface area contributed by atoms with E-state index >= 15 is 0 Å². The lowest BCUT2D eigenvalue weighted by molar-refractivity contribution is 0.135. The van der Waals surface area contributed by atoms with Gasteiger partial charge in [0.25, 0.3) is 0 Å². The number of hydrogen-bond acceptors (Lipinski definition) is 4. The average Bonchev–Trinajstić information content (AvgIpc) is 2.48. The lowest BCUT2D eigenvalue weighted by Crippen LogP contribution is -2.42. The summed E-state index contributed by atoms with van der Waals surface area (Å²) in [4.78, 5) is 3.91. The highest BCUT2D eigenvalue weighted by Crippen LogP contribution is 2.26. The Morgan fingerprint density at radius 2 is 2.14 bits per heavy atom. The zero-order chi connectivity index (χ0) is 15.3.